The lowest BCUT2D eigenvalue weighted by Gasteiger charge is -2.25. The number of ether oxygens (including phenoxy) is 1. The zero-order valence-electron chi connectivity index (χ0n) is 13.8. The lowest BCUT2D eigenvalue weighted by atomic mass is 10.2. The minimum atomic E-state index is -3.83. The number of hydrogen-bond donors (Lipinski definition) is 1. The standard InChI is InChI=1S/C14H25N3O4S/c1-6-21-14(18)12-7-15-16-13(12)22(19,20)17(8-10(2)3)9-11(4)5/h7,10-11H,6,8-9H2,1-5H3,(H,15,16). The highest BCUT2D eigenvalue weighted by molar-refractivity contribution is 7.89. The quantitative estimate of drug-likeness (QED) is 0.734. The summed E-state index contributed by atoms with van der Waals surface area (Å²) in [6.45, 7) is 10.4. The highest BCUT2D eigenvalue weighted by atomic mass is 32.2. The van der Waals surface area contributed by atoms with Crippen LogP contribution in [0, 0.1) is 11.8 Å². The SMILES string of the molecule is CCOC(=O)c1cn[nH]c1S(=O)(=O)N(CC(C)C)CC(C)C. The molecule has 0 unspecified atom stereocenters. The second-order valence-electron chi connectivity index (χ2n) is 5.94. The van der Waals surface area contributed by atoms with Crippen LogP contribution in [0.4, 0.5) is 0 Å². The molecule has 0 aliphatic carbocycles. The number of nitrogens with one attached hydrogen (secondary N) is 1. The fourth-order valence-electron chi connectivity index (χ4n) is 2.04. The summed E-state index contributed by atoms with van der Waals surface area (Å²) in [6, 6.07) is 0. The van der Waals surface area contributed by atoms with Crippen molar-refractivity contribution >= 4 is 16.0 Å². The second kappa shape index (κ2) is 7.73. The van der Waals surface area contributed by atoms with Crippen LogP contribution in [0.3, 0.4) is 0 Å². The van der Waals surface area contributed by atoms with Gasteiger partial charge in [-0.2, -0.15) is 9.40 Å². The Morgan fingerprint density at radius 3 is 2.27 bits per heavy atom. The van der Waals surface area contributed by atoms with E-state index in [4.69, 9.17) is 4.74 Å². The van der Waals surface area contributed by atoms with Gasteiger partial charge in [-0.15, -0.1) is 0 Å². The van der Waals surface area contributed by atoms with Gasteiger partial charge in [-0.3, -0.25) is 5.10 Å². The molecule has 1 rings (SSSR count). The average molecular weight is 331 g/mol. The van der Waals surface area contributed by atoms with Crippen molar-refractivity contribution in [3.8, 4) is 0 Å². The van der Waals surface area contributed by atoms with Crippen LogP contribution >= 0.6 is 0 Å². The van der Waals surface area contributed by atoms with Gasteiger partial charge in [0.25, 0.3) is 10.0 Å². The zero-order valence-corrected chi connectivity index (χ0v) is 14.6. The predicted molar refractivity (Wildman–Crippen MR) is 83.0 cm³/mol. The number of H-pyrrole nitrogens is 1. The monoisotopic (exact) mass is 331 g/mol. The number of carbonyl (C=O) groups is 1. The molecule has 0 atom stereocenters. The summed E-state index contributed by atoms with van der Waals surface area (Å²) < 4.78 is 32.0. The maximum absolute atomic E-state index is 12.8. The highest BCUT2D eigenvalue weighted by Gasteiger charge is 2.32. The fourth-order valence-corrected chi connectivity index (χ4v) is 3.87. The number of rotatable bonds is 8. The van der Waals surface area contributed by atoms with E-state index < -0.39 is 16.0 Å². The topological polar surface area (TPSA) is 92.4 Å². The van der Waals surface area contributed by atoms with Crippen LogP contribution in [-0.2, 0) is 14.8 Å². The second-order valence-corrected chi connectivity index (χ2v) is 7.82. The molecule has 7 nitrogen and oxygen atoms in total. The van der Waals surface area contributed by atoms with Crippen LogP contribution in [-0.4, -0.2) is 48.6 Å². The molecule has 8 heteroatoms. The number of carbonyl (C=O) groups excluding carboxylic acids is 1. The molecule has 126 valence electrons. The Kier molecular flexibility index (Phi) is 6.55. The van der Waals surface area contributed by atoms with Crippen LogP contribution < -0.4 is 0 Å². The van der Waals surface area contributed by atoms with E-state index in [1.165, 1.54) is 10.5 Å². The molecular formula is C14H25N3O4S. The van der Waals surface area contributed by atoms with E-state index in [9.17, 15) is 13.2 Å². The van der Waals surface area contributed by atoms with Crippen molar-refractivity contribution in [2.45, 2.75) is 39.6 Å². The molecule has 0 radical (unpaired) electrons. The number of hydrogen-bond acceptors (Lipinski definition) is 5. The van der Waals surface area contributed by atoms with Crippen LogP contribution in [0.5, 0.6) is 0 Å². The first kappa shape index (κ1) is 18.6. The first-order chi connectivity index (χ1) is 10.2. The van der Waals surface area contributed by atoms with Gasteiger partial charge >= 0.3 is 5.97 Å². The minimum absolute atomic E-state index is 0.0561. The van der Waals surface area contributed by atoms with Gasteiger partial charge in [-0.25, -0.2) is 13.2 Å². The first-order valence-corrected chi connectivity index (χ1v) is 8.84. The lowest BCUT2D eigenvalue weighted by Crippen LogP contribution is -2.37. The highest BCUT2D eigenvalue weighted by Crippen LogP contribution is 2.20. The molecule has 0 fully saturated rings. The molecule has 1 N–H and O–H groups in total. The van der Waals surface area contributed by atoms with Crippen LogP contribution in [0.1, 0.15) is 45.0 Å². The van der Waals surface area contributed by atoms with Crippen LogP contribution in [0.25, 0.3) is 0 Å². The summed E-state index contributed by atoms with van der Waals surface area (Å²) in [5.41, 5.74) is -0.0561. The largest absolute Gasteiger partial charge is 0.462 e. The first-order valence-electron chi connectivity index (χ1n) is 7.40. The minimum Gasteiger partial charge on any atom is -0.462 e. The molecule has 0 aliphatic rings. The Hall–Kier alpha value is -1.41. The Bertz CT molecular complexity index is 583. The van der Waals surface area contributed by atoms with Crippen molar-refractivity contribution in [1.29, 1.82) is 0 Å². The molecule has 0 spiro atoms. The maximum atomic E-state index is 12.8. The molecule has 22 heavy (non-hydrogen) atoms. The number of sulfonamides is 1. The molecule has 0 saturated carbocycles. The van der Waals surface area contributed by atoms with Gasteiger partial charge in [0.15, 0.2) is 5.03 Å². The Morgan fingerprint density at radius 1 is 1.27 bits per heavy atom. The number of esters is 1. The Morgan fingerprint density at radius 2 is 1.82 bits per heavy atom. The van der Waals surface area contributed by atoms with Crippen molar-refractivity contribution in [2.24, 2.45) is 11.8 Å². The summed E-state index contributed by atoms with van der Waals surface area (Å²) in [4.78, 5) is 11.9. The average Bonchev–Trinajstić information content (AvgIpc) is 2.87. The van der Waals surface area contributed by atoms with Gasteiger partial charge in [0.2, 0.25) is 0 Å². The van der Waals surface area contributed by atoms with Crippen molar-refractivity contribution in [1.82, 2.24) is 14.5 Å². The normalized spacial score (nSPS) is 12.4. The van der Waals surface area contributed by atoms with Gasteiger partial charge in [0, 0.05) is 13.1 Å². The van der Waals surface area contributed by atoms with E-state index in [1.807, 2.05) is 27.7 Å². The van der Waals surface area contributed by atoms with Crippen molar-refractivity contribution in [3.63, 3.8) is 0 Å². The summed E-state index contributed by atoms with van der Waals surface area (Å²) in [6.07, 6.45) is 1.19. The zero-order chi connectivity index (χ0) is 16.9. The summed E-state index contributed by atoms with van der Waals surface area (Å²) in [7, 11) is -3.83. The summed E-state index contributed by atoms with van der Waals surface area (Å²) in [5.74, 6) is -0.353. The fraction of sp³-hybridized carbons (Fsp3) is 0.714. The van der Waals surface area contributed by atoms with E-state index in [0.29, 0.717) is 13.1 Å². The Labute approximate surface area is 132 Å². The van der Waals surface area contributed by atoms with Crippen molar-refractivity contribution in [2.75, 3.05) is 19.7 Å². The third kappa shape index (κ3) is 4.54. The molecule has 1 aromatic rings. The van der Waals surface area contributed by atoms with Gasteiger partial charge in [-0.1, -0.05) is 27.7 Å². The third-order valence-electron chi connectivity index (χ3n) is 2.84. The van der Waals surface area contributed by atoms with E-state index >= 15 is 0 Å². The smallest absolute Gasteiger partial charge is 0.342 e. The van der Waals surface area contributed by atoms with E-state index in [2.05, 4.69) is 10.2 Å². The van der Waals surface area contributed by atoms with E-state index in [1.54, 1.807) is 6.92 Å². The van der Waals surface area contributed by atoms with Crippen LogP contribution in [0.15, 0.2) is 11.2 Å². The molecule has 1 aromatic heterocycles. The van der Waals surface area contributed by atoms with Gasteiger partial charge in [0.05, 0.1) is 12.8 Å². The van der Waals surface area contributed by atoms with Crippen molar-refractivity contribution < 1.29 is 17.9 Å². The van der Waals surface area contributed by atoms with Gasteiger partial charge in [-0.05, 0) is 18.8 Å². The Balaban J connectivity index is 3.20. The number of aromatic nitrogens is 2. The number of aromatic amines is 1. The predicted octanol–water partition coefficient (Wildman–Crippen LogP) is 1.89. The maximum Gasteiger partial charge on any atom is 0.342 e. The molecule has 0 aliphatic heterocycles. The van der Waals surface area contributed by atoms with E-state index in [-0.39, 0.29) is 29.0 Å². The molecule has 0 saturated heterocycles. The summed E-state index contributed by atoms with van der Waals surface area (Å²) >= 11 is 0. The van der Waals surface area contributed by atoms with Gasteiger partial charge < -0.3 is 4.74 Å². The van der Waals surface area contributed by atoms with Gasteiger partial charge in [0.1, 0.15) is 5.56 Å². The molecule has 1 heterocycles. The number of nitrogens with zero attached hydrogens (tertiary/aromatic N) is 2. The van der Waals surface area contributed by atoms with Crippen molar-refractivity contribution in [3.05, 3.63) is 11.8 Å². The molecular weight excluding hydrogens is 306 g/mol. The molecule has 0 aromatic carbocycles. The summed E-state index contributed by atoms with van der Waals surface area (Å²) in [5, 5.41) is 5.93. The lowest BCUT2D eigenvalue weighted by molar-refractivity contribution is 0.0521. The molecule has 0 bridgehead atoms. The third-order valence-corrected chi connectivity index (χ3v) is 4.64. The van der Waals surface area contributed by atoms with Crippen LogP contribution in [0.2, 0.25) is 0 Å². The van der Waals surface area contributed by atoms with E-state index in [0.717, 1.165) is 0 Å². The molecule has 0 amide bonds.